The molecule has 0 aromatic heterocycles. The van der Waals surface area contributed by atoms with Crippen molar-refractivity contribution in [2.24, 2.45) is 4.40 Å². The van der Waals surface area contributed by atoms with Crippen molar-refractivity contribution >= 4 is 17.1 Å². The van der Waals surface area contributed by atoms with Crippen LogP contribution in [0.25, 0.3) is 0 Å². The average molecular weight is 335 g/mol. The van der Waals surface area contributed by atoms with Crippen molar-refractivity contribution in [2.45, 2.75) is 38.8 Å². The second-order valence-corrected chi connectivity index (χ2v) is 5.83. The van der Waals surface area contributed by atoms with Crippen LogP contribution in [-0.2, 0) is 11.4 Å². The van der Waals surface area contributed by atoms with E-state index in [0.717, 1.165) is 31.9 Å². The van der Waals surface area contributed by atoms with E-state index in [1.54, 1.807) is 0 Å². The van der Waals surface area contributed by atoms with Crippen LogP contribution in [0.4, 0.5) is 13.2 Å². The van der Waals surface area contributed by atoms with E-state index in [1.807, 2.05) is 0 Å². The summed E-state index contributed by atoms with van der Waals surface area (Å²) in [5.74, 6) is 0.513. The fraction of sp³-hybridized carbons (Fsp3) is 0.533. The van der Waals surface area contributed by atoms with Gasteiger partial charge in [-0.3, -0.25) is 0 Å². The highest BCUT2D eigenvalue weighted by Crippen LogP contribution is 2.25. The first-order valence-electron chi connectivity index (χ1n) is 7.07. The van der Waals surface area contributed by atoms with Crippen molar-refractivity contribution in [3.05, 3.63) is 29.8 Å². The molecule has 0 fully saturated rings. The molecule has 22 heavy (non-hydrogen) atoms. The van der Waals surface area contributed by atoms with Crippen LogP contribution in [0.3, 0.4) is 0 Å². The molecule has 0 aliphatic carbocycles. The Morgan fingerprint density at radius 2 is 1.82 bits per heavy atom. The second kappa shape index (κ2) is 9.05. The van der Waals surface area contributed by atoms with Crippen molar-refractivity contribution in [3.8, 4) is 5.75 Å². The van der Waals surface area contributed by atoms with Crippen LogP contribution in [0.1, 0.15) is 38.2 Å². The predicted molar refractivity (Wildman–Crippen MR) is 82.7 cm³/mol. The number of hydrogen-bond donors (Lipinski definition) is 0. The number of unbranched alkanes of at least 4 members (excludes halogenated alkanes) is 3. The molecule has 0 saturated heterocycles. The lowest BCUT2D eigenvalue weighted by Gasteiger charge is -2.11. The first kappa shape index (κ1) is 18.8. The Labute approximate surface area is 131 Å². The fourth-order valence-electron chi connectivity index (χ4n) is 1.82. The third-order valence-corrected chi connectivity index (χ3v) is 3.32. The maximum absolute atomic E-state index is 12.9. The first-order chi connectivity index (χ1) is 10.3. The van der Waals surface area contributed by atoms with Crippen LogP contribution >= 0.6 is 0 Å². The molecule has 0 aliphatic rings. The van der Waals surface area contributed by atoms with E-state index in [2.05, 4.69) is 11.3 Å². The summed E-state index contributed by atoms with van der Waals surface area (Å²) in [5, 5.41) is 0. The van der Waals surface area contributed by atoms with E-state index in [4.69, 9.17) is 4.74 Å². The SMILES string of the molecule is CCCCCCOc1ccc(C(=N[S+](C)[O-])C(F)(F)F)cc1. The molecule has 7 heteroatoms. The van der Waals surface area contributed by atoms with Gasteiger partial charge in [-0.2, -0.15) is 13.2 Å². The maximum Gasteiger partial charge on any atom is 0.438 e. The Hall–Kier alpha value is -1.21. The number of ether oxygens (including phenoxy) is 1. The van der Waals surface area contributed by atoms with Gasteiger partial charge in [0.25, 0.3) is 0 Å². The highest BCUT2D eigenvalue weighted by molar-refractivity contribution is 7.89. The second-order valence-electron chi connectivity index (χ2n) is 4.79. The summed E-state index contributed by atoms with van der Waals surface area (Å²) in [5.41, 5.74) is -1.26. The molecule has 0 heterocycles. The summed E-state index contributed by atoms with van der Waals surface area (Å²) < 4.78 is 58.3. The van der Waals surface area contributed by atoms with Gasteiger partial charge >= 0.3 is 6.18 Å². The molecule has 0 aliphatic heterocycles. The quantitative estimate of drug-likeness (QED) is 0.404. The third-order valence-electron chi connectivity index (χ3n) is 2.88. The maximum atomic E-state index is 12.9. The van der Waals surface area contributed by atoms with Gasteiger partial charge < -0.3 is 9.29 Å². The molecule has 1 atom stereocenters. The van der Waals surface area contributed by atoms with Gasteiger partial charge in [0.05, 0.1) is 18.0 Å². The van der Waals surface area contributed by atoms with Gasteiger partial charge in [-0.15, -0.1) is 0 Å². The molecule has 0 bridgehead atoms. The van der Waals surface area contributed by atoms with Crippen molar-refractivity contribution in [1.82, 2.24) is 0 Å². The monoisotopic (exact) mass is 335 g/mol. The van der Waals surface area contributed by atoms with Crippen LogP contribution in [0, 0.1) is 0 Å². The van der Waals surface area contributed by atoms with E-state index in [9.17, 15) is 17.7 Å². The molecular weight excluding hydrogens is 315 g/mol. The Morgan fingerprint density at radius 1 is 1.18 bits per heavy atom. The smallest absolute Gasteiger partial charge is 0.438 e. The molecule has 0 N–H and O–H groups in total. The standard InChI is InChI=1S/C15H20F3NO2S/c1-3-4-5-6-11-21-13-9-7-12(8-10-13)14(15(16,17)18)19-22(2)20/h7-10H,3-6,11H2,1-2H3. The topological polar surface area (TPSA) is 44.6 Å². The number of alkyl halides is 3. The van der Waals surface area contributed by atoms with Gasteiger partial charge in [0.15, 0.2) is 0 Å². The number of hydrogen-bond acceptors (Lipinski definition) is 3. The Kier molecular flexibility index (Phi) is 7.75. The summed E-state index contributed by atoms with van der Waals surface area (Å²) in [6, 6.07) is 5.49. The highest BCUT2D eigenvalue weighted by atomic mass is 32.2. The van der Waals surface area contributed by atoms with Crippen LogP contribution in [0.5, 0.6) is 5.75 Å². The van der Waals surface area contributed by atoms with Gasteiger partial charge in [0.1, 0.15) is 12.0 Å². The number of rotatable bonds is 8. The van der Waals surface area contributed by atoms with Gasteiger partial charge in [0, 0.05) is 5.56 Å². The first-order valence-corrected chi connectivity index (χ1v) is 8.58. The van der Waals surface area contributed by atoms with E-state index >= 15 is 0 Å². The van der Waals surface area contributed by atoms with E-state index < -0.39 is 23.2 Å². The summed E-state index contributed by atoms with van der Waals surface area (Å²) in [6.07, 6.45) is 0.712. The lowest BCUT2D eigenvalue weighted by molar-refractivity contribution is -0.0578. The molecule has 0 saturated carbocycles. The highest BCUT2D eigenvalue weighted by Gasteiger charge is 2.39. The molecule has 1 rings (SSSR count). The summed E-state index contributed by atoms with van der Waals surface area (Å²) in [6.45, 7) is 2.65. The summed E-state index contributed by atoms with van der Waals surface area (Å²) in [7, 11) is 0. The summed E-state index contributed by atoms with van der Waals surface area (Å²) >= 11 is -1.92. The summed E-state index contributed by atoms with van der Waals surface area (Å²) in [4.78, 5) is 0. The van der Waals surface area contributed by atoms with E-state index in [0.29, 0.717) is 12.4 Å². The molecule has 1 aromatic carbocycles. The van der Waals surface area contributed by atoms with E-state index in [-0.39, 0.29) is 5.56 Å². The third kappa shape index (κ3) is 6.70. The van der Waals surface area contributed by atoms with Gasteiger partial charge in [0.2, 0.25) is 5.71 Å². The van der Waals surface area contributed by atoms with Gasteiger partial charge in [-0.05, 0) is 30.7 Å². The molecule has 0 spiro atoms. The van der Waals surface area contributed by atoms with Crippen molar-refractivity contribution in [3.63, 3.8) is 0 Å². The molecule has 1 aromatic rings. The van der Waals surface area contributed by atoms with E-state index in [1.165, 1.54) is 24.3 Å². The molecule has 124 valence electrons. The lowest BCUT2D eigenvalue weighted by atomic mass is 10.1. The normalized spacial score (nSPS) is 14.0. The number of benzene rings is 1. The Bertz CT molecular complexity index is 473. The van der Waals surface area contributed by atoms with Gasteiger partial charge in [-0.1, -0.05) is 30.6 Å². The average Bonchev–Trinajstić information content (AvgIpc) is 2.44. The van der Waals surface area contributed by atoms with Crippen molar-refractivity contribution < 1.29 is 22.5 Å². The Morgan fingerprint density at radius 3 is 2.32 bits per heavy atom. The van der Waals surface area contributed by atoms with Crippen molar-refractivity contribution in [2.75, 3.05) is 12.9 Å². The molecule has 1 unspecified atom stereocenters. The zero-order valence-electron chi connectivity index (χ0n) is 12.7. The lowest BCUT2D eigenvalue weighted by Crippen LogP contribution is -2.25. The minimum absolute atomic E-state index is 0.124. The molecule has 0 radical (unpaired) electrons. The minimum atomic E-state index is -4.64. The Balaban J connectivity index is 2.70. The number of halogens is 3. The van der Waals surface area contributed by atoms with Crippen LogP contribution in [0.15, 0.2) is 28.7 Å². The fourth-order valence-corrected chi connectivity index (χ4v) is 2.29. The molecule has 3 nitrogen and oxygen atoms in total. The van der Waals surface area contributed by atoms with Crippen LogP contribution < -0.4 is 4.74 Å². The van der Waals surface area contributed by atoms with Crippen molar-refractivity contribution in [1.29, 1.82) is 0 Å². The number of nitrogens with zero attached hydrogens (tertiary/aromatic N) is 1. The predicted octanol–water partition coefficient (Wildman–Crippen LogP) is 4.29. The van der Waals surface area contributed by atoms with Crippen LogP contribution in [-0.4, -0.2) is 29.3 Å². The zero-order chi connectivity index (χ0) is 16.6. The molecule has 0 amide bonds. The minimum Gasteiger partial charge on any atom is -0.591 e. The largest absolute Gasteiger partial charge is 0.591 e. The van der Waals surface area contributed by atoms with Crippen LogP contribution in [0.2, 0.25) is 0 Å². The zero-order valence-corrected chi connectivity index (χ0v) is 13.5. The molecular formula is C15H20F3NO2S. The van der Waals surface area contributed by atoms with Gasteiger partial charge in [-0.25, -0.2) is 0 Å².